The molecule has 0 heterocycles. The first kappa shape index (κ1) is 20.6. The molecule has 4 rings (SSSR count). The van der Waals surface area contributed by atoms with Crippen molar-refractivity contribution in [2.24, 2.45) is 0 Å². The standard InChI is InChI=1S/C26H17BrINO/c27-25-15-18(14-22(16-29)19-9-11-23(28)12-10-19)8-13-26(25)30-17-21-6-3-5-20-4-1-2-7-24(20)21/h1-15H,17H2/b22-14-. The van der Waals surface area contributed by atoms with Crippen molar-refractivity contribution in [2.45, 2.75) is 6.61 Å². The monoisotopic (exact) mass is 565 g/mol. The molecule has 4 aromatic rings. The highest BCUT2D eigenvalue weighted by molar-refractivity contribution is 14.1. The van der Waals surface area contributed by atoms with Crippen LogP contribution < -0.4 is 4.74 Å². The molecule has 2 nitrogen and oxygen atoms in total. The molecule has 4 aromatic carbocycles. The van der Waals surface area contributed by atoms with Crippen molar-refractivity contribution in [3.05, 3.63) is 110 Å². The lowest BCUT2D eigenvalue weighted by Gasteiger charge is -2.11. The van der Waals surface area contributed by atoms with E-state index in [1.54, 1.807) is 0 Å². The van der Waals surface area contributed by atoms with Gasteiger partial charge in [-0.2, -0.15) is 5.26 Å². The number of ether oxygens (including phenoxy) is 1. The highest BCUT2D eigenvalue weighted by Crippen LogP contribution is 2.29. The fourth-order valence-corrected chi connectivity index (χ4v) is 4.14. The Balaban J connectivity index is 1.54. The Kier molecular flexibility index (Phi) is 6.51. The maximum Gasteiger partial charge on any atom is 0.134 e. The Hall–Kier alpha value is -2.62. The summed E-state index contributed by atoms with van der Waals surface area (Å²) in [6.45, 7) is 0.487. The minimum Gasteiger partial charge on any atom is -0.488 e. The summed E-state index contributed by atoms with van der Waals surface area (Å²) in [5.74, 6) is 0.771. The van der Waals surface area contributed by atoms with Crippen molar-refractivity contribution in [1.82, 2.24) is 0 Å². The zero-order valence-electron chi connectivity index (χ0n) is 16.0. The number of hydrogen-bond donors (Lipinski definition) is 0. The lowest BCUT2D eigenvalue weighted by molar-refractivity contribution is 0.305. The number of benzene rings is 4. The number of halogens is 2. The number of fused-ring (bicyclic) bond motifs is 1. The number of nitrogens with zero attached hydrogens (tertiary/aromatic N) is 1. The molecule has 0 saturated carbocycles. The molecule has 0 aliphatic rings. The zero-order chi connectivity index (χ0) is 20.9. The van der Waals surface area contributed by atoms with Gasteiger partial charge in [0.1, 0.15) is 12.4 Å². The SMILES string of the molecule is N#C/C(=C/c1ccc(OCc2cccc3ccccc23)c(Br)c1)c1ccc(I)cc1. The molecule has 0 bridgehead atoms. The van der Waals surface area contributed by atoms with E-state index in [9.17, 15) is 5.26 Å². The molecule has 0 radical (unpaired) electrons. The van der Waals surface area contributed by atoms with E-state index in [0.717, 1.165) is 30.5 Å². The summed E-state index contributed by atoms with van der Waals surface area (Å²) in [5.41, 5.74) is 3.62. The Morgan fingerprint density at radius 2 is 1.73 bits per heavy atom. The molecule has 4 heteroatoms. The van der Waals surface area contributed by atoms with Crippen molar-refractivity contribution < 1.29 is 4.74 Å². The molecular weight excluding hydrogens is 549 g/mol. The van der Waals surface area contributed by atoms with E-state index in [-0.39, 0.29) is 0 Å². The van der Waals surface area contributed by atoms with Gasteiger partial charge in [-0.05, 0) is 96.3 Å². The van der Waals surface area contributed by atoms with Crippen LogP contribution in [-0.4, -0.2) is 0 Å². The summed E-state index contributed by atoms with van der Waals surface area (Å²) in [4.78, 5) is 0. The van der Waals surface area contributed by atoms with Crippen LogP contribution in [0.15, 0.2) is 89.4 Å². The summed E-state index contributed by atoms with van der Waals surface area (Å²) in [7, 11) is 0. The van der Waals surface area contributed by atoms with Gasteiger partial charge in [-0.1, -0.05) is 60.7 Å². The van der Waals surface area contributed by atoms with E-state index >= 15 is 0 Å². The third-order valence-corrected chi connectivity index (χ3v) is 6.14. The molecule has 0 saturated heterocycles. The molecule has 30 heavy (non-hydrogen) atoms. The molecule has 0 amide bonds. The molecule has 0 unspecified atom stereocenters. The molecule has 0 aromatic heterocycles. The van der Waals surface area contributed by atoms with Crippen LogP contribution >= 0.6 is 38.5 Å². The van der Waals surface area contributed by atoms with Crippen molar-refractivity contribution in [3.63, 3.8) is 0 Å². The van der Waals surface area contributed by atoms with Gasteiger partial charge in [0.25, 0.3) is 0 Å². The maximum absolute atomic E-state index is 9.57. The van der Waals surface area contributed by atoms with Crippen molar-refractivity contribution >= 4 is 60.9 Å². The molecule has 0 spiro atoms. The fourth-order valence-electron chi connectivity index (χ4n) is 3.27. The quantitative estimate of drug-likeness (QED) is 0.140. The number of rotatable bonds is 5. The van der Waals surface area contributed by atoms with Gasteiger partial charge in [0.15, 0.2) is 0 Å². The van der Waals surface area contributed by atoms with E-state index < -0.39 is 0 Å². The normalized spacial score (nSPS) is 11.3. The minimum atomic E-state index is 0.487. The summed E-state index contributed by atoms with van der Waals surface area (Å²) < 4.78 is 8.08. The highest BCUT2D eigenvalue weighted by atomic mass is 127. The van der Waals surface area contributed by atoms with E-state index in [1.165, 1.54) is 10.8 Å². The molecule has 0 aliphatic carbocycles. The van der Waals surface area contributed by atoms with Gasteiger partial charge < -0.3 is 4.74 Å². The summed E-state index contributed by atoms with van der Waals surface area (Å²) in [6, 6.07) is 30.7. The second kappa shape index (κ2) is 9.46. The number of allylic oxidation sites excluding steroid dienone is 1. The number of hydrogen-bond acceptors (Lipinski definition) is 2. The van der Waals surface area contributed by atoms with Gasteiger partial charge in [-0.25, -0.2) is 0 Å². The van der Waals surface area contributed by atoms with Crippen LogP contribution in [0.3, 0.4) is 0 Å². The highest BCUT2D eigenvalue weighted by Gasteiger charge is 2.07. The van der Waals surface area contributed by atoms with Gasteiger partial charge in [0.05, 0.1) is 16.1 Å². The predicted octanol–water partition coefficient (Wildman–Crippen LogP) is 7.85. The van der Waals surface area contributed by atoms with Crippen molar-refractivity contribution in [3.8, 4) is 11.8 Å². The molecular formula is C26H17BrINO. The van der Waals surface area contributed by atoms with Gasteiger partial charge in [-0.15, -0.1) is 0 Å². The van der Waals surface area contributed by atoms with Crippen LogP contribution in [0.2, 0.25) is 0 Å². The Labute approximate surface area is 198 Å². The second-order valence-corrected chi connectivity index (χ2v) is 8.89. The smallest absolute Gasteiger partial charge is 0.134 e. The average molecular weight is 566 g/mol. The third kappa shape index (κ3) is 4.75. The fraction of sp³-hybridized carbons (Fsp3) is 0.0385. The van der Waals surface area contributed by atoms with Crippen LogP contribution in [0.1, 0.15) is 16.7 Å². The molecule has 0 aliphatic heterocycles. The second-order valence-electron chi connectivity index (χ2n) is 6.79. The molecule has 0 atom stereocenters. The van der Waals surface area contributed by atoms with E-state index in [2.05, 4.69) is 74.9 Å². The van der Waals surface area contributed by atoms with E-state index in [0.29, 0.717) is 12.2 Å². The van der Waals surface area contributed by atoms with E-state index in [4.69, 9.17) is 4.74 Å². The van der Waals surface area contributed by atoms with Crippen LogP contribution in [0.4, 0.5) is 0 Å². The maximum atomic E-state index is 9.57. The third-order valence-electron chi connectivity index (χ3n) is 4.81. The summed E-state index contributed by atoms with van der Waals surface area (Å²) >= 11 is 5.87. The predicted molar refractivity (Wildman–Crippen MR) is 135 cm³/mol. The topological polar surface area (TPSA) is 33.0 Å². The first-order chi connectivity index (χ1) is 14.6. The first-order valence-electron chi connectivity index (χ1n) is 9.41. The van der Waals surface area contributed by atoms with Crippen LogP contribution in [0, 0.1) is 14.9 Å². The largest absolute Gasteiger partial charge is 0.488 e. The Morgan fingerprint density at radius 1 is 0.967 bits per heavy atom. The lowest BCUT2D eigenvalue weighted by Crippen LogP contribution is -1.97. The zero-order valence-corrected chi connectivity index (χ0v) is 19.7. The van der Waals surface area contributed by atoms with Crippen LogP contribution in [0.25, 0.3) is 22.4 Å². The summed E-state index contributed by atoms with van der Waals surface area (Å²) in [6.07, 6.45) is 1.89. The van der Waals surface area contributed by atoms with Gasteiger partial charge in [0, 0.05) is 3.57 Å². The minimum absolute atomic E-state index is 0.487. The lowest BCUT2D eigenvalue weighted by atomic mass is 10.0. The molecule has 0 fully saturated rings. The number of nitriles is 1. The molecule has 0 N–H and O–H groups in total. The Bertz CT molecular complexity index is 1270. The first-order valence-corrected chi connectivity index (χ1v) is 11.3. The summed E-state index contributed by atoms with van der Waals surface area (Å²) in [5, 5.41) is 12.0. The van der Waals surface area contributed by atoms with Crippen molar-refractivity contribution in [1.29, 1.82) is 5.26 Å². The average Bonchev–Trinajstić information content (AvgIpc) is 2.77. The van der Waals surface area contributed by atoms with Gasteiger partial charge in [0.2, 0.25) is 0 Å². The van der Waals surface area contributed by atoms with Gasteiger partial charge >= 0.3 is 0 Å². The van der Waals surface area contributed by atoms with Crippen molar-refractivity contribution in [2.75, 3.05) is 0 Å². The molecule has 146 valence electrons. The van der Waals surface area contributed by atoms with Crippen LogP contribution in [-0.2, 0) is 6.61 Å². The van der Waals surface area contributed by atoms with Crippen LogP contribution in [0.5, 0.6) is 5.75 Å². The van der Waals surface area contributed by atoms with Gasteiger partial charge in [-0.3, -0.25) is 0 Å². The Morgan fingerprint density at radius 3 is 2.50 bits per heavy atom. The van der Waals surface area contributed by atoms with E-state index in [1.807, 2.05) is 60.7 Å².